The van der Waals surface area contributed by atoms with E-state index in [1.807, 2.05) is 11.8 Å². The lowest BCUT2D eigenvalue weighted by atomic mass is 9.86. The van der Waals surface area contributed by atoms with Crippen molar-refractivity contribution in [1.29, 1.82) is 0 Å². The van der Waals surface area contributed by atoms with Gasteiger partial charge in [0.05, 0.1) is 6.54 Å². The molecule has 2 aliphatic rings. The fourth-order valence-corrected chi connectivity index (χ4v) is 4.52. The molecule has 2 fully saturated rings. The van der Waals surface area contributed by atoms with Crippen molar-refractivity contribution in [3.05, 3.63) is 0 Å². The van der Waals surface area contributed by atoms with Crippen LogP contribution in [0.3, 0.4) is 0 Å². The molecule has 126 valence electrons. The third-order valence-electron chi connectivity index (χ3n) is 4.73. The molecule has 0 aromatic carbocycles. The van der Waals surface area contributed by atoms with Crippen molar-refractivity contribution in [2.75, 3.05) is 25.4 Å². The van der Waals surface area contributed by atoms with Crippen molar-refractivity contribution < 1.29 is 9.59 Å². The second-order valence-electron chi connectivity index (χ2n) is 6.53. The fourth-order valence-electron chi connectivity index (χ4n) is 3.28. The van der Waals surface area contributed by atoms with Crippen LogP contribution in [0.25, 0.3) is 0 Å². The summed E-state index contributed by atoms with van der Waals surface area (Å²) in [6.45, 7) is 6.54. The number of carbonyl (C=O) groups excluding carboxylic acids is 2. The lowest BCUT2D eigenvalue weighted by Crippen LogP contribution is -2.51. The van der Waals surface area contributed by atoms with Crippen molar-refractivity contribution >= 4 is 23.7 Å². The van der Waals surface area contributed by atoms with Gasteiger partial charge < -0.3 is 5.32 Å². The Labute approximate surface area is 138 Å². The number of carbonyl (C=O) groups is 2. The molecule has 6 heteroatoms. The zero-order valence-electron chi connectivity index (χ0n) is 13.8. The lowest BCUT2D eigenvalue weighted by Gasteiger charge is -2.31. The zero-order valence-corrected chi connectivity index (χ0v) is 14.6. The molecule has 1 aliphatic carbocycles. The van der Waals surface area contributed by atoms with Gasteiger partial charge in [-0.1, -0.05) is 26.7 Å². The molecule has 1 aliphatic heterocycles. The van der Waals surface area contributed by atoms with Crippen molar-refractivity contribution in [2.45, 2.75) is 57.2 Å². The molecule has 0 aromatic rings. The van der Waals surface area contributed by atoms with E-state index in [0.29, 0.717) is 17.7 Å². The van der Waals surface area contributed by atoms with Gasteiger partial charge in [-0.05, 0) is 25.2 Å². The van der Waals surface area contributed by atoms with Crippen LogP contribution in [0.15, 0.2) is 0 Å². The number of amides is 3. The van der Waals surface area contributed by atoms with Crippen molar-refractivity contribution in [2.24, 2.45) is 5.92 Å². The zero-order chi connectivity index (χ0) is 15.9. The molecular weight excluding hydrogens is 298 g/mol. The molecule has 0 aromatic heterocycles. The maximum atomic E-state index is 12.0. The van der Waals surface area contributed by atoms with Gasteiger partial charge in [-0.3, -0.25) is 15.0 Å². The average Bonchev–Trinajstić information content (AvgIpc) is 2.49. The Morgan fingerprint density at radius 1 is 1.27 bits per heavy atom. The summed E-state index contributed by atoms with van der Waals surface area (Å²) in [7, 11) is 0. The number of nitrogens with one attached hydrogen (secondary N) is 2. The van der Waals surface area contributed by atoms with Gasteiger partial charge in [0.2, 0.25) is 5.91 Å². The molecule has 0 radical (unpaired) electrons. The van der Waals surface area contributed by atoms with Gasteiger partial charge in [-0.25, -0.2) is 4.79 Å². The number of hydrogen-bond acceptors (Lipinski definition) is 4. The highest BCUT2D eigenvalue weighted by molar-refractivity contribution is 8.00. The van der Waals surface area contributed by atoms with Crippen LogP contribution in [-0.4, -0.2) is 53.5 Å². The minimum Gasteiger partial charge on any atom is -0.335 e. The summed E-state index contributed by atoms with van der Waals surface area (Å²) < 4.78 is 0. The molecule has 1 saturated carbocycles. The van der Waals surface area contributed by atoms with Crippen molar-refractivity contribution in [1.82, 2.24) is 15.5 Å². The van der Waals surface area contributed by atoms with E-state index in [4.69, 9.17) is 0 Å². The van der Waals surface area contributed by atoms with Crippen LogP contribution >= 0.6 is 11.8 Å². The number of nitrogens with zero attached hydrogens (tertiary/aromatic N) is 1. The first-order chi connectivity index (χ1) is 10.6. The van der Waals surface area contributed by atoms with Crippen LogP contribution in [0, 0.1) is 5.92 Å². The second-order valence-corrected chi connectivity index (χ2v) is 7.93. The SMILES string of the molecule is CC[C@@H]1CN(CC(=O)NC(=O)N[C@H]2CCCC[C@@H]2C)CCS1. The van der Waals surface area contributed by atoms with Gasteiger partial charge in [0, 0.05) is 30.1 Å². The Hall–Kier alpha value is -0.750. The van der Waals surface area contributed by atoms with Crippen LogP contribution < -0.4 is 10.6 Å². The monoisotopic (exact) mass is 327 g/mol. The predicted octanol–water partition coefficient (Wildman–Crippen LogP) is 2.22. The summed E-state index contributed by atoms with van der Waals surface area (Å²) >= 11 is 1.98. The highest BCUT2D eigenvalue weighted by atomic mass is 32.2. The van der Waals surface area contributed by atoms with Gasteiger partial charge in [0.1, 0.15) is 0 Å². The molecule has 3 atom stereocenters. The molecule has 22 heavy (non-hydrogen) atoms. The first-order valence-electron chi connectivity index (χ1n) is 8.52. The summed E-state index contributed by atoms with van der Waals surface area (Å²) in [6.07, 6.45) is 5.70. The summed E-state index contributed by atoms with van der Waals surface area (Å²) in [5.41, 5.74) is 0. The molecule has 0 spiro atoms. The standard InChI is InChI=1S/C16H29N3O2S/c1-3-13-10-19(8-9-22-13)11-15(20)18-16(21)17-14-7-5-4-6-12(14)2/h12-14H,3-11H2,1-2H3,(H2,17,18,20,21)/t12-,13+,14-/m0/s1. The fraction of sp³-hybridized carbons (Fsp3) is 0.875. The molecule has 0 unspecified atom stereocenters. The summed E-state index contributed by atoms with van der Waals surface area (Å²) in [5, 5.41) is 6.06. The predicted molar refractivity (Wildman–Crippen MR) is 91.1 cm³/mol. The number of rotatable bonds is 4. The van der Waals surface area contributed by atoms with Gasteiger partial charge in [-0.15, -0.1) is 0 Å². The average molecular weight is 327 g/mol. The maximum absolute atomic E-state index is 12.0. The molecule has 5 nitrogen and oxygen atoms in total. The molecule has 0 bridgehead atoms. The first-order valence-corrected chi connectivity index (χ1v) is 9.57. The lowest BCUT2D eigenvalue weighted by molar-refractivity contribution is -0.121. The summed E-state index contributed by atoms with van der Waals surface area (Å²) in [4.78, 5) is 26.1. The third kappa shape index (κ3) is 5.47. The van der Waals surface area contributed by atoms with E-state index in [0.717, 1.165) is 44.5 Å². The van der Waals surface area contributed by atoms with Crippen LogP contribution in [0.2, 0.25) is 0 Å². The molecule has 3 amide bonds. The van der Waals surface area contributed by atoms with Crippen LogP contribution in [0.4, 0.5) is 4.79 Å². The van der Waals surface area contributed by atoms with E-state index in [2.05, 4.69) is 29.4 Å². The largest absolute Gasteiger partial charge is 0.335 e. The van der Waals surface area contributed by atoms with Gasteiger partial charge in [-0.2, -0.15) is 11.8 Å². The Morgan fingerprint density at radius 3 is 2.77 bits per heavy atom. The van der Waals surface area contributed by atoms with Crippen LogP contribution in [-0.2, 0) is 4.79 Å². The number of imide groups is 1. The van der Waals surface area contributed by atoms with Crippen LogP contribution in [0.1, 0.15) is 46.0 Å². The minimum absolute atomic E-state index is 0.192. The Bertz CT molecular complexity index is 392. The topological polar surface area (TPSA) is 61.4 Å². The van der Waals surface area contributed by atoms with Crippen molar-refractivity contribution in [3.63, 3.8) is 0 Å². The molecule has 1 saturated heterocycles. The third-order valence-corrected chi connectivity index (χ3v) is 6.10. The normalized spacial score (nSPS) is 29.8. The van der Waals surface area contributed by atoms with Gasteiger partial charge >= 0.3 is 6.03 Å². The summed E-state index contributed by atoms with van der Waals surface area (Å²) in [5.74, 6) is 1.37. The van der Waals surface area contributed by atoms with Crippen molar-refractivity contribution in [3.8, 4) is 0 Å². The van der Waals surface area contributed by atoms with E-state index < -0.39 is 0 Å². The van der Waals surface area contributed by atoms with E-state index in [1.54, 1.807) is 0 Å². The highest BCUT2D eigenvalue weighted by Crippen LogP contribution is 2.23. The smallest absolute Gasteiger partial charge is 0.321 e. The van der Waals surface area contributed by atoms with E-state index in [-0.39, 0.29) is 18.0 Å². The van der Waals surface area contributed by atoms with Gasteiger partial charge in [0.15, 0.2) is 0 Å². The Morgan fingerprint density at radius 2 is 2.05 bits per heavy atom. The van der Waals surface area contributed by atoms with Gasteiger partial charge in [0.25, 0.3) is 0 Å². The maximum Gasteiger partial charge on any atom is 0.321 e. The number of urea groups is 1. The second kappa shape index (κ2) is 8.77. The highest BCUT2D eigenvalue weighted by Gasteiger charge is 2.24. The van der Waals surface area contributed by atoms with E-state index >= 15 is 0 Å². The summed E-state index contributed by atoms with van der Waals surface area (Å²) in [6, 6.07) is -0.125. The number of thioether (sulfide) groups is 1. The van der Waals surface area contributed by atoms with E-state index in [1.165, 1.54) is 6.42 Å². The molecule has 2 rings (SSSR count). The Balaban J connectivity index is 1.70. The minimum atomic E-state index is -0.331. The van der Waals surface area contributed by atoms with Crippen LogP contribution in [0.5, 0.6) is 0 Å². The molecule has 1 heterocycles. The number of hydrogen-bond donors (Lipinski definition) is 2. The quantitative estimate of drug-likeness (QED) is 0.831. The van der Waals surface area contributed by atoms with E-state index in [9.17, 15) is 9.59 Å². The Kier molecular flexibility index (Phi) is 7.02. The first kappa shape index (κ1) is 17.6. The molecular formula is C16H29N3O2S. The molecule has 2 N–H and O–H groups in total.